The number of ether oxygens (including phenoxy) is 5. The van der Waals surface area contributed by atoms with Crippen molar-refractivity contribution in [3.05, 3.63) is 25.3 Å². The molecule has 0 aromatic carbocycles. The lowest BCUT2D eigenvalue weighted by Crippen LogP contribution is -2.38. The van der Waals surface area contributed by atoms with Crippen molar-refractivity contribution in [2.75, 3.05) is 52.8 Å². The third-order valence-electron chi connectivity index (χ3n) is 3.05. The van der Waals surface area contributed by atoms with Crippen LogP contribution in [0.2, 0.25) is 0 Å². The standard InChI is InChI=1S/C18H25F3N2O9/c1-3-14(24)29-7-5-22-16(26)31-10-13(9-28-12-18(20,21)11-19)32-17(27)23-6-8-30-15(25)4-2/h3-4,13H,1-2,5-12H2,(H,22,26)(H,23,27). The minimum atomic E-state index is -3.73. The van der Waals surface area contributed by atoms with Crippen molar-refractivity contribution >= 4 is 24.1 Å². The maximum absolute atomic E-state index is 12.9. The summed E-state index contributed by atoms with van der Waals surface area (Å²) < 4.78 is 61.6. The summed E-state index contributed by atoms with van der Waals surface area (Å²) in [6.07, 6.45) is -1.51. The topological polar surface area (TPSA) is 138 Å². The zero-order valence-electron chi connectivity index (χ0n) is 17.1. The van der Waals surface area contributed by atoms with E-state index in [1.165, 1.54) is 0 Å². The van der Waals surface area contributed by atoms with E-state index in [1.807, 2.05) is 0 Å². The van der Waals surface area contributed by atoms with Gasteiger partial charge in [-0.3, -0.25) is 0 Å². The smallest absolute Gasteiger partial charge is 0.407 e. The number of esters is 2. The molecule has 1 unspecified atom stereocenters. The van der Waals surface area contributed by atoms with Gasteiger partial charge in [-0.15, -0.1) is 0 Å². The van der Waals surface area contributed by atoms with E-state index in [-0.39, 0.29) is 26.3 Å². The number of hydrogen-bond donors (Lipinski definition) is 2. The van der Waals surface area contributed by atoms with Gasteiger partial charge < -0.3 is 34.3 Å². The highest BCUT2D eigenvalue weighted by Gasteiger charge is 2.30. The van der Waals surface area contributed by atoms with E-state index in [1.54, 1.807) is 0 Å². The SMILES string of the molecule is C=CC(=O)OCCNC(=O)OCC(COCC(F)(F)CF)OC(=O)NCCOC(=O)C=C. The number of alkyl halides is 3. The van der Waals surface area contributed by atoms with Gasteiger partial charge in [0.25, 0.3) is 5.92 Å². The monoisotopic (exact) mass is 470 g/mol. The number of alkyl carbamates (subject to hydrolysis) is 2. The lowest BCUT2D eigenvalue weighted by molar-refractivity contribution is -0.138. The van der Waals surface area contributed by atoms with Gasteiger partial charge in [-0.1, -0.05) is 13.2 Å². The van der Waals surface area contributed by atoms with Gasteiger partial charge >= 0.3 is 24.1 Å². The zero-order chi connectivity index (χ0) is 24.4. The van der Waals surface area contributed by atoms with Crippen molar-refractivity contribution in [1.29, 1.82) is 0 Å². The summed E-state index contributed by atoms with van der Waals surface area (Å²) in [6, 6.07) is 0. The van der Waals surface area contributed by atoms with E-state index in [0.717, 1.165) is 12.2 Å². The average Bonchev–Trinajstić information content (AvgIpc) is 2.77. The molecule has 0 aromatic heterocycles. The van der Waals surface area contributed by atoms with Gasteiger partial charge in [-0.25, -0.2) is 32.3 Å². The fourth-order valence-electron chi connectivity index (χ4n) is 1.63. The molecule has 0 bridgehead atoms. The van der Waals surface area contributed by atoms with Crippen LogP contribution in [-0.2, 0) is 33.3 Å². The van der Waals surface area contributed by atoms with Gasteiger partial charge in [-0.2, -0.15) is 0 Å². The maximum Gasteiger partial charge on any atom is 0.407 e. The molecular formula is C18H25F3N2O9. The lowest BCUT2D eigenvalue weighted by Gasteiger charge is -2.20. The Balaban J connectivity index is 4.49. The third kappa shape index (κ3) is 15.5. The molecule has 0 heterocycles. The lowest BCUT2D eigenvalue weighted by atomic mass is 10.4. The third-order valence-corrected chi connectivity index (χ3v) is 3.05. The van der Waals surface area contributed by atoms with Crippen molar-refractivity contribution in [2.24, 2.45) is 0 Å². The molecule has 0 aliphatic heterocycles. The largest absolute Gasteiger partial charge is 0.461 e. The van der Waals surface area contributed by atoms with Crippen molar-refractivity contribution < 1.29 is 56.0 Å². The van der Waals surface area contributed by atoms with Gasteiger partial charge in [0.05, 0.1) is 19.7 Å². The van der Waals surface area contributed by atoms with E-state index in [0.29, 0.717) is 0 Å². The van der Waals surface area contributed by atoms with Gasteiger partial charge in [-0.05, 0) is 0 Å². The van der Waals surface area contributed by atoms with Crippen molar-refractivity contribution in [1.82, 2.24) is 10.6 Å². The van der Waals surface area contributed by atoms with Crippen LogP contribution in [0.4, 0.5) is 22.8 Å². The highest BCUT2D eigenvalue weighted by Crippen LogP contribution is 2.14. The van der Waals surface area contributed by atoms with Gasteiger partial charge in [0.2, 0.25) is 0 Å². The molecule has 11 nitrogen and oxygen atoms in total. The summed E-state index contributed by atoms with van der Waals surface area (Å²) >= 11 is 0. The van der Waals surface area contributed by atoms with Crippen LogP contribution >= 0.6 is 0 Å². The fraction of sp³-hybridized carbons (Fsp3) is 0.556. The molecule has 0 saturated heterocycles. The average molecular weight is 470 g/mol. The molecule has 0 rings (SSSR count). The molecule has 2 N–H and O–H groups in total. The van der Waals surface area contributed by atoms with Crippen LogP contribution in [0.25, 0.3) is 0 Å². The van der Waals surface area contributed by atoms with Gasteiger partial charge in [0, 0.05) is 12.2 Å². The van der Waals surface area contributed by atoms with Crippen molar-refractivity contribution in [2.45, 2.75) is 12.0 Å². The van der Waals surface area contributed by atoms with Crippen LogP contribution in [0.3, 0.4) is 0 Å². The number of amides is 2. The van der Waals surface area contributed by atoms with E-state index in [4.69, 9.17) is 9.47 Å². The highest BCUT2D eigenvalue weighted by atomic mass is 19.3. The Hall–Kier alpha value is -3.29. The Labute approximate surface area is 181 Å². The number of hydrogen-bond acceptors (Lipinski definition) is 9. The van der Waals surface area contributed by atoms with Crippen LogP contribution < -0.4 is 10.6 Å². The van der Waals surface area contributed by atoms with Crippen LogP contribution in [0.1, 0.15) is 0 Å². The molecule has 0 saturated carbocycles. The molecule has 0 aliphatic carbocycles. The van der Waals surface area contributed by atoms with E-state index in [9.17, 15) is 32.3 Å². The number of rotatable bonds is 16. The zero-order valence-corrected chi connectivity index (χ0v) is 17.1. The van der Waals surface area contributed by atoms with Crippen LogP contribution in [0.5, 0.6) is 0 Å². The maximum atomic E-state index is 12.9. The van der Waals surface area contributed by atoms with Crippen LogP contribution in [0, 0.1) is 0 Å². The first-order valence-electron chi connectivity index (χ1n) is 9.08. The Bertz CT molecular complexity index is 647. The summed E-state index contributed by atoms with van der Waals surface area (Å²) in [6.45, 7) is 1.29. The summed E-state index contributed by atoms with van der Waals surface area (Å²) in [5, 5.41) is 4.43. The predicted octanol–water partition coefficient (Wildman–Crippen LogP) is 0.887. The molecule has 0 aliphatic rings. The second-order valence-electron chi connectivity index (χ2n) is 5.73. The normalized spacial score (nSPS) is 11.5. The Morgan fingerprint density at radius 3 is 1.91 bits per heavy atom. The number of nitrogens with one attached hydrogen (secondary N) is 2. The molecule has 0 radical (unpaired) electrons. The Morgan fingerprint density at radius 2 is 1.41 bits per heavy atom. The predicted molar refractivity (Wildman–Crippen MR) is 102 cm³/mol. The molecular weight excluding hydrogens is 445 g/mol. The summed E-state index contributed by atoms with van der Waals surface area (Å²) in [7, 11) is 0. The van der Waals surface area contributed by atoms with E-state index < -0.39 is 62.6 Å². The second kappa shape index (κ2) is 16.4. The first-order chi connectivity index (χ1) is 15.1. The highest BCUT2D eigenvalue weighted by molar-refractivity contribution is 5.81. The number of carbonyl (C=O) groups is 4. The second-order valence-corrected chi connectivity index (χ2v) is 5.73. The van der Waals surface area contributed by atoms with E-state index >= 15 is 0 Å². The van der Waals surface area contributed by atoms with Crippen LogP contribution in [0.15, 0.2) is 25.3 Å². The summed E-state index contributed by atoms with van der Waals surface area (Å²) in [5.74, 6) is -5.14. The first-order valence-corrected chi connectivity index (χ1v) is 9.08. The minimum Gasteiger partial charge on any atom is -0.461 e. The molecule has 0 spiro atoms. The Kier molecular flexibility index (Phi) is 14.7. The molecule has 0 aromatic rings. The quantitative estimate of drug-likeness (QED) is 0.146. The molecule has 0 fully saturated rings. The van der Waals surface area contributed by atoms with Crippen molar-refractivity contribution in [3.8, 4) is 0 Å². The molecule has 14 heteroatoms. The molecule has 182 valence electrons. The molecule has 32 heavy (non-hydrogen) atoms. The van der Waals surface area contributed by atoms with Crippen molar-refractivity contribution in [3.63, 3.8) is 0 Å². The Morgan fingerprint density at radius 1 is 0.875 bits per heavy atom. The first kappa shape index (κ1) is 28.7. The van der Waals surface area contributed by atoms with Gasteiger partial charge in [0.1, 0.15) is 26.4 Å². The fourth-order valence-corrected chi connectivity index (χ4v) is 1.63. The minimum absolute atomic E-state index is 0.104. The number of carbonyl (C=O) groups excluding carboxylic acids is 4. The summed E-state index contributed by atoms with van der Waals surface area (Å²) in [4.78, 5) is 45.1. The molecule has 2 amide bonds. The van der Waals surface area contributed by atoms with E-state index in [2.05, 4.69) is 38.0 Å². The number of halogens is 3. The molecule has 1 atom stereocenters. The van der Waals surface area contributed by atoms with Gasteiger partial charge in [0.15, 0.2) is 12.8 Å². The van der Waals surface area contributed by atoms with Crippen LogP contribution in [-0.4, -0.2) is 89.0 Å². The summed E-state index contributed by atoms with van der Waals surface area (Å²) in [5.41, 5.74) is 0.